The molecule has 12 aromatic rings. The van der Waals surface area contributed by atoms with Gasteiger partial charge in [0.1, 0.15) is 16.7 Å². The molecule has 6 aromatic carbocycles. The van der Waals surface area contributed by atoms with E-state index in [4.69, 9.17) is 61.7 Å². The summed E-state index contributed by atoms with van der Waals surface area (Å²) < 4.78 is 39.7. The Balaban J connectivity index is 0.000000263. The molecule has 0 bridgehead atoms. The van der Waals surface area contributed by atoms with E-state index in [1.54, 1.807) is 13.1 Å². The predicted octanol–water partition coefficient (Wildman–Crippen LogP) is 15.7. The van der Waals surface area contributed by atoms with E-state index in [-0.39, 0.29) is 40.2 Å². The molecular weight excluding hydrogens is 1660 g/mol. The zero-order chi connectivity index (χ0) is 72.0. The Hall–Kier alpha value is -7.47. The monoisotopic (exact) mass is 1740 g/mol. The minimum atomic E-state index is -3.92. The first kappa shape index (κ1) is 85.9. The van der Waals surface area contributed by atoms with Crippen molar-refractivity contribution in [1.82, 2.24) is 19.9 Å². The standard InChI is InChI=1S/C20H19NOSi.C20H18NOSi.2C16H16N.C5H4.CH4O3S.2CH4O.B5.2Ir/c2*1-23(2,3)18-12-7-11-17-19(18)15-9-6-8-14(20(15)22-17)16-10-4-5-13-21-16;2*1-2-8-14(9-3-1)16-11-10-15(12-17-16)13-6-4-5-7-13;1-3-5-4-2;1-5(2,3)4;2*1-2;1-4-5(2)3;;/h4-13H,1-3H3;4-7,9-13H,1-3H3;2*1-3,8,10-13H,4-7H2;1H,2H3;1H3,(H,2,3,4);2*2H,1H3;;;/q;3*-1;;;;;;;/p-1. The number of hydrogen-bond donors (Lipinski definition) is 2. The Morgan fingerprint density at radius 1 is 0.554 bits per heavy atom. The number of rotatable bonds is 9. The topological polar surface area (TPSA) is 175 Å². The zero-order valence-electron chi connectivity index (χ0n) is 59.1. The molecule has 9 radical (unpaired) electrons. The molecule has 2 aliphatic rings. The molecule has 0 atom stereocenters. The van der Waals surface area contributed by atoms with Gasteiger partial charge < -0.3 is 38.6 Å². The Morgan fingerprint density at radius 3 is 1.35 bits per heavy atom. The SMILES string of the molecule is C#CC#CC.CO.CO.CS(=O)(=O)[O-].C[Si](C)(C)c1cccc2oc3c(-c4ccccn4)[c-]ccc3c12.C[Si](C)(C)c1cccc2oc3c(-c4ccccn4)cccc3c12.[B][B]B([B])[B].[Ir].[Ir].[c-]1ccccc1-c1ccc(C2CCCC2)cn1.[c-]1ccccc1-c1ccc(C2CCCC2)cn1. The van der Waals surface area contributed by atoms with Gasteiger partial charge in [0.25, 0.3) is 0 Å². The number of aliphatic hydroxyl groups excluding tert-OH is 2. The van der Waals surface area contributed by atoms with E-state index < -0.39 is 32.7 Å². The normalized spacial score (nSPS) is 12.2. The Bertz CT molecular complexity index is 4350. The van der Waals surface area contributed by atoms with E-state index in [0.29, 0.717) is 6.26 Å². The van der Waals surface area contributed by atoms with Crippen LogP contribution < -0.4 is 10.4 Å². The van der Waals surface area contributed by atoms with Crippen molar-refractivity contribution in [2.45, 2.75) is 109 Å². The molecule has 2 N–H and O–H groups in total. The molecule has 6 heterocycles. The van der Waals surface area contributed by atoms with Crippen LogP contribution in [0.1, 0.15) is 81.3 Å². The van der Waals surface area contributed by atoms with Gasteiger partial charge in [-0.3, -0.25) is 4.98 Å². The van der Waals surface area contributed by atoms with Gasteiger partial charge in [-0.05, 0) is 126 Å². The van der Waals surface area contributed by atoms with Crippen LogP contribution in [0.25, 0.3) is 88.9 Å². The average Bonchev–Trinajstić information content (AvgIpc) is 1.61. The van der Waals surface area contributed by atoms with Crippen molar-refractivity contribution >= 4 is 117 Å². The summed E-state index contributed by atoms with van der Waals surface area (Å²) >= 11 is 0. The minimum absolute atomic E-state index is 0. The number of furan rings is 2. The van der Waals surface area contributed by atoms with Crippen LogP contribution in [0.2, 0.25) is 39.3 Å². The summed E-state index contributed by atoms with van der Waals surface area (Å²) in [5, 5.41) is 21.8. The maximum atomic E-state index is 9.08. The molecule has 0 spiro atoms. The summed E-state index contributed by atoms with van der Waals surface area (Å²) in [7, 11) is 11.0. The quantitative estimate of drug-likeness (QED) is 0.0609. The second-order valence-corrected chi connectivity index (χ2v) is 36.7. The fourth-order valence-corrected chi connectivity index (χ4v) is 14.8. The van der Waals surface area contributed by atoms with Crippen molar-refractivity contribution in [3.63, 3.8) is 0 Å². The number of terminal acetylenes is 1. The maximum Gasteiger partial charge on any atom is 0.144 e. The van der Waals surface area contributed by atoms with Crippen LogP contribution in [-0.4, -0.2) is 116 Å². The van der Waals surface area contributed by atoms with Gasteiger partial charge in [-0.1, -0.05) is 166 Å². The number of fused-ring (bicyclic) bond motifs is 6. The van der Waals surface area contributed by atoms with Gasteiger partial charge >= 0.3 is 0 Å². The molecule has 0 amide bonds. The number of benzene rings is 6. The molecule has 14 rings (SSSR count). The van der Waals surface area contributed by atoms with E-state index in [1.807, 2.05) is 97.5 Å². The number of hydrogen-bond acceptors (Lipinski definition) is 11. The summed E-state index contributed by atoms with van der Waals surface area (Å²) in [4.78, 5) is 18.1. The van der Waals surface area contributed by atoms with Gasteiger partial charge in [0.05, 0.1) is 37.5 Å². The summed E-state index contributed by atoms with van der Waals surface area (Å²) in [6, 6.07) is 69.6. The van der Waals surface area contributed by atoms with Gasteiger partial charge in [-0.15, -0.1) is 96.4 Å². The van der Waals surface area contributed by atoms with E-state index in [2.05, 4.69) is 192 Å². The van der Waals surface area contributed by atoms with Crippen LogP contribution in [0.5, 0.6) is 0 Å². The van der Waals surface area contributed by atoms with Crippen molar-refractivity contribution in [1.29, 1.82) is 0 Å². The third-order valence-corrected chi connectivity index (χ3v) is 20.1. The van der Waals surface area contributed by atoms with E-state index in [1.165, 1.54) is 96.1 Å². The molecule has 11 nitrogen and oxygen atoms in total. The van der Waals surface area contributed by atoms with Crippen LogP contribution in [0, 0.1) is 42.4 Å². The summed E-state index contributed by atoms with van der Waals surface area (Å²) in [5.74, 6) is 8.57. The third kappa shape index (κ3) is 26.1. The van der Waals surface area contributed by atoms with Crippen LogP contribution in [-0.2, 0) is 50.3 Å². The van der Waals surface area contributed by atoms with E-state index in [0.717, 1.165) is 98.8 Å². The Labute approximate surface area is 633 Å². The van der Waals surface area contributed by atoms with Crippen LogP contribution >= 0.6 is 0 Å². The Morgan fingerprint density at radius 2 is 0.980 bits per heavy atom. The molecular formula is C80H84B5Ir2N4O7SSi2-4. The molecule has 2 fully saturated rings. The maximum absolute atomic E-state index is 9.08. The largest absolute Gasteiger partial charge is 0.748 e. The van der Waals surface area contributed by atoms with Crippen molar-refractivity contribution < 1.29 is 72.2 Å². The van der Waals surface area contributed by atoms with Crippen molar-refractivity contribution in [3.8, 4) is 69.2 Å². The van der Waals surface area contributed by atoms with Gasteiger partial charge in [-0.2, -0.15) is 0 Å². The second kappa shape index (κ2) is 43.5. The predicted molar refractivity (Wildman–Crippen MR) is 421 cm³/mol. The van der Waals surface area contributed by atoms with Gasteiger partial charge in [0.15, 0.2) is 0 Å². The molecule has 21 heteroatoms. The number of pyridine rings is 4. The molecule has 2 aliphatic carbocycles. The molecule has 6 aromatic heterocycles. The van der Waals surface area contributed by atoms with Gasteiger partial charge in [0, 0.05) is 144 Å². The molecule has 0 saturated heterocycles. The average molecular weight is 1740 g/mol. The number of nitrogens with zero attached hydrogens (tertiary/aromatic N) is 4. The Kier molecular flexibility index (Phi) is 37.0. The third-order valence-electron chi connectivity index (χ3n) is 16.1. The van der Waals surface area contributed by atoms with Crippen LogP contribution in [0.3, 0.4) is 0 Å². The molecule has 2 saturated carbocycles. The molecule has 0 aliphatic heterocycles. The first-order valence-electron chi connectivity index (χ1n) is 32.9. The number of para-hydroxylation sites is 1. The minimum Gasteiger partial charge on any atom is -0.748 e. The number of aromatic nitrogens is 4. The number of aliphatic hydroxyl groups is 2. The summed E-state index contributed by atoms with van der Waals surface area (Å²) in [6.45, 7) is 16.0. The summed E-state index contributed by atoms with van der Waals surface area (Å²) in [6.07, 6.45) is 23.4. The first-order valence-corrected chi connectivity index (χ1v) is 41.7. The fourth-order valence-electron chi connectivity index (χ4n) is 11.6. The second-order valence-electron chi connectivity index (χ2n) is 25.2. The zero-order valence-corrected chi connectivity index (χ0v) is 66.7. The molecule has 517 valence electrons. The van der Waals surface area contributed by atoms with E-state index in [9.17, 15) is 0 Å². The smallest absolute Gasteiger partial charge is 0.144 e. The summed E-state index contributed by atoms with van der Waals surface area (Å²) in [5.41, 5.74) is 14.6. The van der Waals surface area contributed by atoms with Crippen LogP contribution in [0.4, 0.5) is 0 Å². The van der Waals surface area contributed by atoms with E-state index >= 15 is 0 Å². The van der Waals surface area contributed by atoms with Crippen molar-refractivity contribution in [2.24, 2.45) is 0 Å². The molecule has 101 heavy (non-hydrogen) atoms. The van der Waals surface area contributed by atoms with Crippen molar-refractivity contribution in [3.05, 3.63) is 230 Å². The van der Waals surface area contributed by atoms with Gasteiger partial charge in [-0.25, -0.2) is 8.42 Å². The molecule has 0 unspecified atom stereocenters. The first-order chi connectivity index (χ1) is 47.7. The van der Waals surface area contributed by atoms with Crippen molar-refractivity contribution in [2.75, 3.05) is 20.5 Å². The fraction of sp³-hybridized carbons (Fsp3) is 0.250. The van der Waals surface area contributed by atoms with Gasteiger partial charge in [0.2, 0.25) is 0 Å². The van der Waals surface area contributed by atoms with Crippen LogP contribution in [0.15, 0.2) is 210 Å².